The number of hydrogen-bond donors (Lipinski definition) is 0. The molecule has 1 heterocycles. The van der Waals surface area contributed by atoms with Gasteiger partial charge in [0, 0.05) is 17.0 Å². The lowest BCUT2D eigenvalue weighted by molar-refractivity contribution is -0.385. The first-order chi connectivity index (χ1) is 8.95. The summed E-state index contributed by atoms with van der Waals surface area (Å²) in [5.41, 5.74) is -0.245. The zero-order chi connectivity index (χ0) is 14.0. The van der Waals surface area contributed by atoms with Crippen molar-refractivity contribution in [3.63, 3.8) is 0 Å². The van der Waals surface area contributed by atoms with Gasteiger partial charge in [-0.25, -0.2) is 13.8 Å². The lowest BCUT2D eigenvalue weighted by Crippen LogP contribution is -1.91. The van der Waals surface area contributed by atoms with Gasteiger partial charge < -0.3 is 0 Å². The predicted molar refractivity (Wildman–Crippen MR) is 66.4 cm³/mol. The maximum atomic E-state index is 13.4. The van der Waals surface area contributed by atoms with E-state index in [1.807, 2.05) is 0 Å². The van der Waals surface area contributed by atoms with Crippen molar-refractivity contribution in [2.45, 2.75) is 9.92 Å². The van der Waals surface area contributed by atoms with Crippen molar-refractivity contribution in [2.24, 2.45) is 0 Å². The van der Waals surface area contributed by atoms with Crippen molar-refractivity contribution >= 4 is 29.1 Å². The lowest BCUT2D eigenvalue weighted by Gasteiger charge is -2.03. The van der Waals surface area contributed by atoms with Gasteiger partial charge in [0.1, 0.15) is 21.8 Å². The van der Waals surface area contributed by atoms with Gasteiger partial charge in [-0.3, -0.25) is 10.1 Å². The molecule has 0 fully saturated rings. The molecule has 0 amide bonds. The summed E-state index contributed by atoms with van der Waals surface area (Å²) in [4.78, 5) is 14.0. The van der Waals surface area contributed by atoms with Crippen LogP contribution in [0.15, 0.2) is 40.3 Å². The summed E-state index contributed by atoms with van der Waals surface area (Å²) in [6.45, 7) is 0. The molecule has 0 aliphatic rings. The molecule has 0 aliphatic carbocycles. The highest BCUT2D eigenvalue weighted by Crippen LogP contribution is 2.32. The Kier molecular flexibility index (Phi) is 3.96. The third-order valence-corrected chi connectivity index (χ3v) is 3.24. The van der Waals surface area contributed by atoms with Gasteiger partial charge >= 0.3 is 0 Å². The number of nitro groups is 1. The number of hydrogen-bond acceptors (Lipinski definition) is 4. The fourth-order valence-electron chi connectivity index (χ4n) is 1.29. The summed E-state index contributed by atoms with van der Waals surface area (Å²) < 4.78 is 26.2. The van der Waals surface area contributed by atoms with Gasteiger partial charge in [0.25, 0.3) is 5.69 Å². The number of rotatable bonds is 3. The van der Waals surface area contributed by atoms with E-state index >= 15 is 0 Å². The van der Waals surface area contributed by atoms with Crippen molar-refractivity contribution in [2.75, 3.05) is 0 Å². The van der Waals surface area contributed by atoms with Gasteiger partial charge in [-0.1, -0.05) is 23.4 Å². The van der Waals surface area contributed by atoms with Crippen LogP contribution in [0.5, 0.6) is 0 Å². The first-order valence-corrected chi connectivity index (χ1v) is 6.10. The van der Waals surface area contributed by atoms with E-state index in [1.165, 1.54) is 12.1 Å². The van der Waals surface area contributed by atoms with Crippen LogP contribution in [-0.2, 0) is 0 Å². The molecule has 98 valence electrons. The summed E-state index contributed by atoms with van der Waals surface area (Å²) in [5.74, 6) is -1.47. The molecule has 1 aromatic carbocycles. The SMILES string of the molecule is O=[N+]([O-])c1cc(Cl)nc(Sc2ccc(F)cc2F)c1. The highest BCUT2D eigenvalue weighted by molar-refractivity contribution is 7.99. The highest BCUT2D eigenvalue weighted by atomic mass is 35.5. The molecule has 0 spiro atoms. The van der Waals surface area contributed by atoms with E-state index in [2.05, 4.69) is 4.98 Å². The third-order valence-electron chi connectivity index (χ3n) is 2.07. The molecule has 0 bridgehead atoms. The van der Waals surface area contributed by atoms with Crippen molar-refractivity contribution in [3.8, 4) is 0 Å². The summed E-state index contributed by atoms with van der Waals surface area (Å²) in [5, 5.41) is 10.7. The zero-order valence-electron chi connectivity index (χ0n) is 9.14. The Bertz CT molecular complexity index is 655. The van der Waals surface area contributed by atoms with Crippen LogP contribution in [0.25, 0.3) is 0 Å². The molecule has 0 saturated heterocycles. The summed E-state index contributed by atoms with van der Waals surface area (Å²) in [6, 6.07) is 5.29. The summed E-state index contributed by atoms with van der Waals surface area (Å²) in [6.07, 6.45) is 0. The molecule has 0 aliphatic heterocycles. The van der Waals surface area contributed by atoms with Gasteiger partial charge in [-0.2, -0.15) is 0 Å². The smallest absolute Gasteiger partial charge is 0.258 e. The molecule has 0 atom stereocenters. The molecule has 1 aromatic heterocycles. The Morgan fingerprint density at radius 2 is 2.00 bits per heavy atom. The maximum absolute atomic E-state index is 13.4. The van der Waals surface area contributed by atoms with Gasteiger partial charge in [-0.05, 0) is 12.1 Å². The molecule has 0 unspecified atom stereocenters. The van der Waals surface area contributed by atoms with Crippen molar-refractivity contribution in [1.82, 2.24) is 4.98 Å². The van der Waals surface area contributed by atoms with Crippen LogP contribution in [0.1, 0.15) is 0 Å². The number of nitrogens with zero attached hydrogens (tertiary/aromatic N) is 2. The quantitative estimate of drug-likeness (QED) is 0.487. The normalized spacial score (nSPS) is 10.5. The Hall–Kier alpha value is -1.73. The minimum atomic E-state index is -0.769. The molecule has 0 saturated carbocycles. The van der Waals surface area contributed by atoms with Crippen LogP contribution in [0.2, 0.25) is 5.15 Å². The average Bonchev–Trinajstić information content (AvgIpc) is 2.32. The topological polar surface area (TPSA) is 56.0 Å². The van der Waals surface area contributed by atoms with E-state index in [4.69, 9.17) is 11.6 Å². The lowest BCUT2D eigenvalue weighted by atomic mass is 10.3. The van der Waals surface area contributed by atoms with Crippen molar-refractivity contribution < 1.29 is 13.7 Å². The molecule has 2 aromatic rings. The fraction of sp³-hybridized carbons (Fsp3) is 0. The zero-order valence-corrected chi connectivity index (χ0v) is 10.7. The van der Waals surface area contributed by atoms with E-state index < -0.39 is 16.6 Å². The number of pyridine rings is 1. The van der Waals surface area contributed by atoms with Crippen LogP contribution in [0.3, 0.4) is 0 Å². The molecule has 4 nitrogen and oxygen atoms in total. The van der Waals surface area contributed by atoms with E-state index in [0.29, 0.717) is 0 Å². The Balaban J connectivity index is 2.35. The summed E-state index contributed by atoms with van der Waals surface area (Å²) >= 11 is 6.47. The summed E-state index contributed by atoms with van der Waals surface area (Å²) in [7, 11) is 0. The van der Waals surface area contributed by atoms with Gasteiger partial charge in [-0.15, -0.1) is 0 Å². The van der Waals surface area contributed by atoms with Crippen LogP contribution in [0, 0.1) is 21.7 Å². The van der Waals surface area contributed by atoms with Crippen LogP contribution in [-0.4, -0.2) is 9.91 Å². The van der Waals surface area contributed by atoms with E-state index in [1.54, 1.807) is 0 Å². The molecule has 0 radical (unpaired) electrons. The number of aromatic nitrogens is 1. The third kappa shape index (κ3) is 3.39. The molecule has 8 heteroatoms. The minimum Gasteiger partial charge on any atom is -0.258 e. The second-order valence-electron chi connectivity index (χ2n) is 3.42. The number of benzene rings is 1. The van der Waals surface area contributed by atoms with Crippen LogP contribution >= 0.6 is 23.4 Å². The van der Waals surface area contributed by atoms with Gasteiger partial charge in [0.2, 0.25) is 0 Å². The molecule has 19 heavy (non-hydrogen) atoms. The van der Waals surface area contributed by atoms with Crippen LogP contribution in [0.4, 0.5) is 14.5 Å². The second kappa shape index (κ2) is 5.50. The van der Waals surface area contributed by atoms with Crippen molar-refractivity contribution in [3.05, 3.63) is 57.2 Å². The van der Waals surface area contributed by atoms with Gasteiger partial charge in [0.15, 0.2) is 0 Å². The monoisotopic (exact) mass is 302 g/mol. The Morgan fingerprint density at radius 1 is 1.26 bits per heavy atom. The molecule has 2 rings (SSSR count). The predicted octanol–water partition coefficient (Wildman–Crippen LogP) is 4.07. The van der Waals surface area contributed by atoms with Gasteiger partial charge in [0.05, 0.1) is 11.0 Å². The van der Waals surface area contributed by atoms with E-state index in [-0.39, 0.29) is 20.8 Å². The molecular weight excluding hydrogens is 298 g/mol. The number of halogens is 3. The fourth-order valence-corrected chi connectivity index (χ4v) is 2.38. The first kappa shape index (κ1) is 13.7. The van der Waals surface area contributed by atoms with E-state index in [0.717, 1.165) is 30.0 Å². The Labute approximate surface area is 115 Å². The van der Waals surface area contributed by atoms with Crippen LogP contribution < -0.4 is 0 Å². The Morgan fingerprint density at radius 3 is 2.63 bits per heavy atom. The minimum absolute atomic E-state index is 0.0702. The van der Waals surface area contributed by atoms with E-state index in [9.17, 15) is 18.9 Å². The standard InChI is InChI=1S/C11H5ClF2N2O2S/c12-10-4-7(16(17)18)5-11(15-10)19-9-2-1-6(13)3-8(9)14/h1-5H. The second-order valence-corrected chi connectivity index (χ2v) is 4.87. The largest absolute Gasteiger partial charge is 0.275 e. The average molecular weight is 303 g/mol. The highest BCUT2D eigenvalue weighted by Gasteiger charge is 2.13. The first-order valence-electron chi connectivity index (χ1n) is 4.90. The maximum Gasteiger partial charge on any atom is 0.275 e. The van der Waals surface area contributed by atoms with Crippen molar-refractivity contribution in [1.29, 1.82) is 0 Å². The molecular formula is C11H5ClF2N2O2S. The molecule has 0 N–H and O–H groups in total.